The fourth-order valence-electron chi connectivity index (χ4n) is 4.19. The lowest BCUT2D eigenvalue weighted by atomic mass is 9.96. The number of H-pyrrole nitrogens is 1. The quantitative estimate of drug-likeness (QED) is 0.839. The number of rotatable bonds is 4. The van der Waals surface area contributed by atoms with Gasteiger partial charge in [-0.3, -0.25) is 9.59 Å². The van der Waals surface area contributed by atoms with Crippen LogP contribution in [0, 0.1) is 5.92 Å². The van der Waals surface area contributed by atoms with Crippen molar-refractivity contribution in [2.45, 2.75) is 12.8 Å². The molecule has 1 unspecified atom stereocenters. The molecule has 2 aliphatic heterocycles. The summed E-state index contributed by atoms with van der Waals surface area (Å²) in [6, 6.07) is 9.60. The maximum Gasteiger partial charge on any atom is 0.266 e. The van der Waals surface area contributed by atoms with Crippen LogP contribution in [0.5, 0.6) is 5.75 Å². The van der Waals surface area contributed by atoms with Crippen LogP contribution in [-0.4, -0.2) is 67.4 Å². The van der Waals surface area contributed by atoms with Crippen molar-refractivity contribution < 1.29 is 9.53 Å². The number of carbonyl (C=O) groups excluding carboxylic acids is 1. The number of methoxy groups -OCH3 is 1. The van der Waals surface area contributed by atoms with Crippen molar-refractivity contribution in [2.75, 3.05) is 56.2 Å². The zero-order valence-electron chi connectivity index (χ0n) is 16.7. The van der Waals surface area contributed by atoms with Gasteiger partial charge in [0.05, 0.1) is 24.9 Å². The summed E-state index contributed by atoms with van der Waals surface area (Å²) in [6.07, 6.45) is 3.49. The molecule has 8 heteroatoms. The normalized spacial score (nSPS) is 19.9. The number of benzene rings is 1. The topological polar surface area (TPSA) is 81.8 Å². The number of nitrogens with one attached hydrogen (secondary N) is 1. The van der Waals surface area contributed by atoms with Crippen LogP contribution < -0.4 is 20.1 Å². The van der Waals surface area contributed by atoms with E-state index in [0.717, 1.165) is 62.7 Å². The predicted molar refractivity (Wildman–Crippen MR) is 112 cm³/mol. The Labute approximate surface area is 170 Å². The second-order valence-electron chi connectivity index (χ2n) is 7.60. The first-order chi connectivity index (χ1) is 14.1. The van der Waals surface area contributed by atoms with Crippen LogP contribution in [0.15, 0.2) is 41.3 Å². The zero-order chi connectivity index (χ0) is 20.2. The Kier molecular flexibility index (Phi) is 5.69. The van der Waals surface area contributed by atoms with Crippen LogP contribution in [0.4, 0.5) is 11.4 Å². The number of aromatic amines is 1. The number of carbonyl (C=O) groups is 1. The summed E-state index contributed by atoms with van der Waals surface area (Å²) in [5, 5.41) is 6.28. The van der Waals surface area contributed by atoms with Crippen LogP contribution >= 0.6 is 0 Å². The molecular formula is C21H27N5O3. The molecule has 0 aliphatic carbocycles. The molecule has 154 valence electrons. The van der Waals surface area contributed by atoms with E-state index in [1.165, 1.54) is 0 Å². The van der Waals surface area contributed by atoms with Gasteiger partial charge >= 0.3 is 0 Å². The molecule has 1 atom stereocenters. The van der Waals surface area contributed by atoms with Gasteiger partial charge in [-0.05, 0) is 37.1 Å². The molecule has 1 aromatic heterocycles. The maximum atomic E-state index is 13.1. The Hall–Kier alpha value is -3.03. The van der Waals surface area contributed by atoms with Crippen molar-refractivity contribution in [1.82, 2.24) is 15.1 Å². The van der Waals surface area contributed by atoms with Gasteiger partial charge in [0, 0.05) is 51.0 Å². The molecule has 3 heterocycles. The fourth-order valence-corrected chi connectivity index (χ4v) is 4.19. The largest absolute Gasteiger partial charge is 0.497 e. The number of ether oxygens (including phenoxy) is 1. The van der Waals surface area contributed by atoms with Gasteiger partial charge in [0.1, 0.15) is 5.75 Å². The van der Waals surface area contributed by atoms with E-state index in [-0.39, 0.29) is 17.4 Å². The molecule has 0 radical (unpaired) electrons. The second kappa shape index (κ2) is 8.55. The molecule has 2 saturated heterocycles. The smallest absolute Gasteiger partial charge is 0.266 e. The van der Waals surface area contributed by atoms with Gasteiger partial charge < -0.3 is 19.4 Å². The van der Waals surface area contributed by atoms with Crippen LogP contribution in [-0.2, 0) is 4.79 Å². The molecule has 1 amide bonds. The average Bonchev–Trinajstić information content (AvgIpc) is 2.79. The summed E-state index contributed by atoms with van der Waals surface area (Å²) in [4.78, 5) is 31.0. The Morgan fingerprint density at radius 1 is 1.07 bits per heavy atom. The minimum absolute atomic E-state index is 0.0319. The average molecular weight is 397 g/mol. The molecular weight excluding hydrogens is 370 g/mol. The highest BCUT2D eigenvalue weighted by Crippen LogP contribution is 2.25. The number of hydrogen-bond acceptors (Lipinski definition) is 6. The SMILES string of the molecule is COc1ccc(N2CCN(C(=O)C3CCCN(c4cn[nH]c(=O)c4)C3)CC2)cc1. The number of aromatic nitrogens is 2. The number of anilines is 2. The Balaban J connectivity index is 1.34. The minimum atomic E-state index is -0.217. The third kappa shape index (κ3) is 4.36. The lowest BCUT2D eigenvalue weighted by Gasteiger charge is -2.40. The summed E-state index contributed by atoms with van der Waals surface area (Å²) >= 11 is 0. The van der Waals surface area contributed by atoms with Crippen molar-refractivity contribution in [3.8, 4) is 5.75 Å². The fraction of sp³-hybridized carbons (Fsp3) is 0.476. The minimum Gasteiger partial charge on any atom is -0.497 e. The molecule has 8 nitrogen and oxygen atoms in total. The third-order valence-corrected chi connectivity index (χ3v) is 5.82. The van der Waals surface area contributed by atoms with E-state index in [0.29, 0.717) is 6.54 Å². The van der Waals surface area contributed by atoms with Crippen LogP contribution in [0.1, 0.15) is 12.8 Å². The Morgan fingerprint density at radius 2 is 1.83 bits per heavy atom. The van der Waals surface area contributed by atoms with Crippen molar-refractivity contribution in [3.63, 3.8) is 0 Å². The Morgan fingerprint density at radius 3 is 2.52 bits per heavy atom. The van der Waals surface area contributed by atoms with E-state index >= 15 is 0 Å². The van der Waals surface area contributed by atoms with E-state index in [1.54, 1.807) is 19.4 Å². The monoisotopic (exact) mass is 397 g/mol. The standard InChI is InChI=1S/C21H27N5O3/c1-29-19-6-4-17(5-7-19)24-9-11-25(12-10-24)21(28)16-3-2-8-26(15-16)18-13-20(27)23-22-14-18/h4-7,13-14,16H,2-3,8-12,15H2,1H3,(H,23,27). The van der Waals surface area contributed by atoms with Gasteiger partial charge in [-0.2, -0.15) is 5.10 Å². The molecule has 0 saturated carbocycles. The summed E-state index contributed by atoms with van der Waals surface area (Å²) in [5.41, 5.74) is 1.73. The lowest BCUT2D eigenvalue weighted by molar-refractivity contribution is -0.136. The molecule has 1 aromatic carbocycles. The Bertz CT molecular complexity index is 890. The van der Waals surface area contributed by atoms with Crippen molar-refractivity contribution in [1.29, 1.82) is 0 Å². The van der Waals surface area contributed by atoms with Gasteiger partial charge in [0.15, 0.2) is 0 Å². The van der Waals surface area contributed by atoms with Gasteiger partial charge in [0.25, 0.3) is 5.56 Å². The first-order valence-corrected chi connectivity index (χ1v) is 10.1. The number of amides is 1. The van der Waals surface area contributed by atoms with E-state index in [4.69, 9.17) is 4.74 Å². The first kappa shape index (κ1) is 19.3. The molecule has 2 aromatic rings. The van der Waals surface area contributed by atoms with Gasteiger partial charge in [-0.15, -0.1) is 0 Å². The molecule has 0 bridgehead atoms. The van der Waals surface area contributed by atoms with E-state index in [2.05, 4.69) is 32.1 Å². The van der Waals surface area contributed by atoms with Crippen molar-refractivity contribution in [3.05, 3.63) is 46.9 Å². The molecule has 4 rings (SSSR count). The number of hydrogen-bond donors (Lipinski definition) is 1. The number of nitrogens with zero attached hydrogens (tertiary/aromatic N) is 4. The van der Waals surface area contributed by atoms with Crippen LogP contribution in [0.2, 0.25) is 0 Å². The van der Waals surface area contributed by atoms with Crippen molar-refractivity contribution in [2.24, 2.45) is 5.92 Å². The van der Waals surface area contributed by atoms with E-state index in [1.807, 2.05) is 17.0 Å². The summed E-state index contributed by atoms with van der Waals surface area (Å²) in [5.74, 6) is 1.04. The summed E-state index contributed by atoms with van der Waals surface area (Å²) in [7, 11) is 1.66. The highest BCUT2D eigenvalue weighted by atomic mass is 16.5. The maximum absolute atomic E-state index is 13.1. The second-order valence-corrected chi connectivity index (χ2v) is 7.60. The van der Waals surface area contributed by atoms with E-state index in [9.17, 15) is 9.59 Å². The zero-order valence-corrected chi connectivity index (χ0v) is 16.7. The summed E-state index contributed by atoms with van der Waals surface area (Å²) < 4.78 is 5.22. The summed E-state index contributed by atoms with van der Waals surface area (Å²) in [6.45, 7) is 4.60. The highest BCUT2D eigenvalue weighted by molar-refractivity contribution is 5.80. The third-order valence-electron chi connectivity index (χ3n) is 5.82. The molecule has 29 heavy (non-hydrogen) atoms. The number of piperidine rings is 1. The molecule has 2 aliphatic rings. The number of piperazine rings is 1. The molecule has 2 fully saturated rings. The van der Waals surface area contributed by atoms with E-state index < -0.39 is 0 Å². The van der Waals surface area contributed by atoms with Gasteiger partial charge in [0.2, 0.25) is 5.91 Å². The van der Waals surface area contributed by atoms with Crippen molar-refractivity contribution >= 4 is 17.3 Å². The predicted octanol–water partition coefficient (Wildman–Crippen LogP) is 1.34. The molecule has 0 spiro atoms. The lowest BCUT2D eigenvalue weighted by Crippen LogP contribution is -2.52. The molecule has 1 N–H and O–H groups in total. The van der Waals surface area contributed by atoms with Crippen LogP contribution in [0.3, 0.4) is 0 Å². The first-order valence-electron chi connectivity index (χ1n) is 10.1. The highest BCUT2D eigenvalue weighted by Gasteiger charge is 2.31. The van der Waals surface area contributed by atoms with Crippen LogP contribution in [0.25, 0.3) is 0 Å². The van der Waals surface area contributed by atoms with Gasteiger partial charge in [-0.25, -0.2) is 5.10 Å². The van der Waals surface area contributed by atoms with Gasteiger partial charge in [-0.1, -0.05) is 0 Å².